The van der Waals surface area contributed by atoms with Crippen LogP contribution in [0.5, 0.6) is 0 Å². The van der Waals surface area contributed by atoms with E-state index in [-0.39, 0.29) is 22.8 Å². The van der Waals surface area contributed by atoms with Crippen LogP contribution in [0.1, 0.15) is 55.5 Å². The molecule has 0 saturated carbocycles. The SMILES string of the molecule is CCCCN(CCCC)S(=O)(=O)c1ccc(NC(=O)Cc2ccccc2C(=O)O)cc1. The molecular formula is C23H30N2O5S. The van der Waals surface area contributed by atoms with Crippen LogP contribution in [0.15, 0.2) is 53.4 Å². The fraction of sp³-hybridized carbons (Fsp3) is 0.391. The maximum absolute atomic E-state index is 13.0. The predicted molar refractivity (Wildman–Crippen MR) is 121 cm³/mol. The van der Waals surface area contributed by atoms with E-state index in [0.29, 0.717) is 24.3 Å². The normalized spacial score (nSPS) is 11.5. The average molecular weight is 447 g/mol. The number of carbonyl (C=O) groups excluding carboxylic acids is 1. The Morgan fingerprint density at radius 2 is 1.52 bits per heavy atom. The molecular weight excluding hydrogens is 416 g/mol. The Morgan fingerprint density at radius 1 is 0.935 bits per heavy atom. The lowest BCUT2D eigenvalue weighted by molar-refractivity contribution is -0.115. The second kappa shape index (κ2) is 11.6. The van der Waals surface area contributed by atoms with Crippen molar-refractivity contribution in [1.29, 1.82) is 0 Å². The van der Waals surface area contributed by atoms with Crippen LogP contribution in [-0.2, 0) is 21.2 Å². The summed E-state index contributed by atoms with van der Waals surface area (Å²) in [6.07, 6.45) is 3.33. The van der Waals surface area contributed by atoms with Gasteiger partial charge in [0.1, 0.15) is 0 Å². The molecule has 168 valence electrons. The monoisotopic (exact) mass is 446 g/mol. The van der Waals surface area contributed by atoms with Crippen LogP contribution in [0.2, 0.25) is 0 Å². The number of nitrogens with zero attached hydrogens (tertiary/aromatic N) is 1. The molecule has 0 aliphatic rings. The van der Waals surface area contributed by atoms with Crippen molar-refractivity contribution in [1.82, 2.24) is 4.31 Å². The number of unbranched alkanes of at least 4 members (excludes halogenated alkanes) is 2. The number of anilines is 1. The number of nitrogens with one attached hydrogen (secondary N) is 1. The van der Waals surface area contributed by atoms with E-state index in [9.17, 15) is 23.1 Å². The lowest BCUT2D eigenvalue weighted by atomic mass is 10.0. The second-order valence-electron chi connectivity index (χ2n) is 7.32. The molecule has 1 amide bonds. The summed E-state index contributed by atoms with van der Waals surface area (Å²) < 4.78 is 27.5. The van der Waals surface area contributed by atoms with Gasteiger partial charge in [0.05, 0.1) is 16.9 Å². The quantitative estimate of drug-likeness (QED) is 0.510. The highest BCUT2D eigenvalue weighted by Crippen LogP contribution is 2.20. The predicted octanol–water partition coefficient (Wildman–Crippen LogP) is 4.16. The zero-order valence-corrected chi connectivity index (χ0v) is 18.8. The summed E-state index contributed by atoms with van der Waals surface area (Å²) in [4.78, 5) is 23.8. The molecule has 0 atom stereocenters. The van der Waals surface area contributed by atoms with E-state index in [0.717, 1.165) is 25.7 Å². The number of benzene rings is 2. The van der Waals surface area contributed by atoms with Crippen LogP contribution in [0, 0.1) is 0 Å². The van der Waals surface area contributed by atoms with E-state index < -0.39 is 16.0 Å². The minimum atomic E-state index is -3.60. The Balaban J connectivity index is 2.10. The summed E-state index contributed by atoms with van der Waals surface area (Å²) in [5.41, 5.74) is 0.943. The largest absolute Gasteiger partial charge is 0.478 e. The molecule has 0 aliphatic heterocycles. The minimum absolute atomic E-state index is 0.0818. The molecule has 7 nitrogen and oxygen atoms in total. The minimum Gasteiger partial charge on any atom is -0.478 e. The third-order valence-electron chi connectivity index (χ3n) is 4.90. The molecule has 0 heterocycles. The molecule has 0 saturated heterocycles. The van der Waals surface area contributed by atoms with Gasteiger partial charge in [0.25, 0.3) is 0 Å². The summed E-state index contributed by atoms with van der Waals surface area (Å²) in [6, 6.07) is 12.4. The summed E-state index contributed by atoms with van der Waals surface area (Å²) in [7, 11) is -3.60. The van der Waals surface area contributed by atoms with E-state index in [4.69, 9.17) is 0 Å². The van der Waals surface area contributed by atoms with Gasteiger partial charge in [0, 0.05) is 18.8 Å². The van der Waals surface area contributed by atoms with E-state index in [1.807, 2.05) is 13.8 Å². The maximum atomic E-state index is 13.0. The number of hydrogen-bond acceptors (Lipinski definition) is 4. The van der Waals surface area contributed by atoms with E-state index >= 15 is 0 Å². The fourth-order valence-electron chi connectivity index (χ4n) is 3.14. The highest BCUT2D eigenvalue weighted by atomic mass is 32.2. The number of amides is 1. The summed E-state index contributed by atoms with van der Waals surface area (Å²) >= 11 is 0. The molecule has 2 aromatic rings. The summed E-state index contributed by atoms with van der Waals surface area (Å²) in [5, 5.41) is 11.9. The number of hydrogen-bond donors (Lipinski definition) is 2. The summed E-state index contributed by atoms with van der Waals surface area (Å²) in [5.74, 6) is -1.47. The zero-order chi connectivity index (χ0) is 22.9. The van der Waals surface area contributed by atoms with Crippen LogP contribution in [0.25, 0.3) is 0 Å². The molecule has 0 aliphatic carbocycles. The Kier molecular flexibility index (Phi) is 9.21. The second-order valence-corrected chi connectivity index (χ2v) is 9.26. The first-order valence-electron chi connectivity index (χ1n) is 10.5. The number of carboxylic acids is 1. The Hall–Kier alpha value is -2.71. The van der Waals surface area contributed by atoms with Gasteiger partial charge in [0.2, 0.25) is 15.9 Å². The number of rotatable bonds is 12. The van der Waals surface area contributed by atoms with Crippen LogP contribution in [-0.4, -0.2) is 42.8 Å². The van der Waals surface area contributed by atoms with Gasteiger partial charge in [-0.3, -0.25) is 4.79 Å². The van der Waals surface area contributed by atoms with E-state index in [1.54, 1.807) is 30.3 Å². The molecule has 31 heavy (non-hydrogen) atoms. The molecule has 2 N–H and O–H groups in total. The first kappa shape index (κ1) is 24.6. The highest BCUT2D eigenvalue weighted by Gasteiger charge is 2.23. The molecule has 0 fully saturated rings. The molecule has 0 bridgehead atoms. The molecule has 0 radical (unpaired) electrons. The molecule has 2 rings (SSSR count). The van der Waals surface area contributed by atoms with Crippen molar-refractivity contribution in [3.63, 3.8) is 0 Å². The lowest BCUT2D eigenvalue weighted by Gasteiger charge is -2.22. The zero-order valence-electron chi connectivity index (χ0n) is 18.0. The number of carbonyl (C=O) groups is 2. The van der Waals surface area contributed by atoms with Crippen LogP contribution in [0.3, 0.4) is 0 Å². The molecule has 2 aromatic carbocycles. The van der Waals surface area contributed by atoms with Gasteiger partial charge in [-0.15, -0.1) is 0 Å². The highest BCUT2D eigenvalue weighted by molar-refractivity contribution is 7.89. The average Bonchev–Trinajstić information content (AvgIpc) is 2.74. The van der Waals surface area contributed by atoms with E-state index in [1.165, 1.54) is 22.5 Å². The fourth-order valence-corrected chi connectivity index (χ4v) is 4.66. The topological polar surface area (TPSA) is 104 Å². The van der Waals surface area contributed by atoms with Gasteiger partial charge in [-0.25, -0.2) is 13.2 Å². The Labute approximate surface area is 184 Å². The molecule has 0 unspecified atom stereocenters. The van der Waals surface area contributed by atoms with Gasteiger partial charge >= 0.3 is 5.97 Å². The van der Waals surface area contributed by atoms with Crippen LogP contribution >= 0.6 is 0 Å². The van der Waals surface area contributed by atoms with Crippen LogP contribution in [0.4, 0.5) is 5.69 Å². The number of aromatic carboxylic acids is 1. The summed E-state index contributed by atoms with van der Waals surface area (Å²) in [6.45, 7) is 5.02. The molecule has 8 heteroatoms. The van der Waals surface area contributed by atoms with Crippen molar-refractivity contribution in [2.75, 3.05) is 18.4 Å². The smallest absolute Gasteiger partial charge is 0.335 e. The van der Waals surface area contributed by atoms with Gasteiger partial charge in [0.15, 0.2) is 0 Å². The maximum Gasteiger partial charge on any atom is 0.335 e. The van der Waals surface area contributed by atoms with Crippen molar-refractivity contribution in [3.05, 3.63) is 59.7 Å². The Bertz CT molecular complexity index is 979. The van der Waals surface area contributed by atoms with Crippen molar-refractivity contribution in [3.8, 4) is 0 Å². The third-order valence-corrected chi connectivity index (χ3v) is 6.81. The molecule has 0 aromatic heterocycles. The lowest BCUT2D eigenvalue weighted by Crippen LogP contribution is -2.33. The van der Waals surface area contributed by atoms with Crippen molar-refractivity contribution >= 4 is 27.6 Å². The van der Waals surface area contributed by atoms with Gasteiger partial charge in [-0.05, 0) is 48.7 Å². The van der Waals surface area contributed by atoms with Crippen molar-refractivity contribution in [2.45, 2.75) is 50.8 Å². The third kappa shape index (κ3) is 6.90. The first-order valence-corrected chi connectivity index (χ1v) is 11.9. The van der Waals surface area contributed by atoms with E-state index in [2.05, 4.69) is 5.32 Å². The van der Waals surface area contributed by atoms with Crippen molar-refractivity contribution < 1.29 is 23.1 Å². The van der Waals surface area contributed by atoms with Gasteiger partial charge in [-0.2, -0.15) is 4.31 Å². The van der Waals surface area contributed by atoms with Gasteiger partial charge < -0.3 is 10.4 Å². The Morgan fingerprint density at radius 3 is 2.06 bits per heavy atom. The number of carboxylic acid groups (broad SMARTS) is 1. The van der Waals surface area contributed by atoms with Crippen LogP contribution < -0.4 is 5.32 Å². The van der Waals surface area contributed by atoms with Gasteiger partial charge in [-0.1, -0.05) is 44.9 Å². The van der Waals surface area contributed by atoms with Crippen molar-refractivity contribution in [2.24, 2.45) is 0 Å². The number of sulfonamides is 1. The first-order chi connectivity index (χ1) is 14.8. The molecule has 0 spiro atoms. The standard InChI is InChI=1S/C23H30N2O5S/c1-3-5-15-25(16-6-4-2)31(29,30)20-13-11-19(12-14-20)24-22(26)17-18-9-7-8-10-21(18)23(27)28/h7-14H,3-6,15-17H2,1-2H3,(H,24,26)(H,27,28).